The molecule has 0 spiro atoms. The highest BCUT2D eigenvalue weighted by Gasteiger charge is 2.26. The number of ether oxygens (including phenoxy) is 1. The summed E-state index contributed by atoms with van der Waals surface area (Å²) >= 11 is 0. The molecule has 3 rings (SSSR count). The number of methoxy groups -OCH3 is 1. The number of rotatable bonds is 4. The number of amides is 2. The van der Waals surface area contributed by atoms with Crippen molar-refractivity contribution in [3.8, 4) is 5.75 Å². The minimum Gasteiger partial charge on any atom is -0.495 e. The molecule has 2 amide bonds. The summed E-state index contributed by atoms with van der Waals surface area (Å²) in [6, 6.07) is 3.65. The molecule has 2 N–H and O–H groups in total. The lowest BCUT2D eigenvalue weighted by atomic mass is 9.95. The largest absolute Gasteiger partial charge is 0.495 e. The minimum absolute atomic E-state index is 0.0504. The van der Waals surface area contributed by atoms with Crippen LogP contribution in [-0.4, -0.2) is 46.3 Å². The zero-order valence-corrected chi connectivity index (χ0v) is 14.0. The Morgan fingerprint density at radius 1 is 1.46 bits per heavy atom. The number of aromatic amines is 1. The highest BCUT2D eigenvalue weighted by molar-refractivity contribution is 5.75. The lowest BCUT2D eigenvalue weighted by molar-refractivity contribution is 0.176. The van der Waals surface area contributed by atoms with E-state index in [-0.39, 0.29) is 12.1 Å². The first-order valence-corrected chi connectivity index (χ1v) is 8.21. The van der Waals surface area contributed by atoms with E-state index in [2.05, 4.69) is 20.5 Å². The Balaban J connectivity index is 1.64. The predicted molar refractivity (Wildman–Crippen MR) is 89.9 cm³/mol. The smallest absolute Gasteiger partial charge is 0.317 e. The molecular weight excluding hydrogens is 306 g/mol. The van der Waals surface area contributed by atoms with E-state index in [4.69, 9.17) is 4.74 Å². The number of H-pyrrole nitrogens is 1. The summed E-state index contributed by atoms with van der Waals surface area (Å²) in [6.07, 6.45) is 7.18. The number of carbonyl (C=O) groups is 1. The van der Waals surface area contributed by atoms with E-state index in [1.165, 1.54) is 0 Å². The number of aromatic nitrogens is 3. The summed E-state index contributed by atoms with van der Waals surface area (Å²) in [7, 11) is 1.61. The van der Waals surface area contributed by atoms with Crippen LogP contribution in [-0.2, 0) is 0 Å². The maximum atomic E-state index is 12.6. The Bertz CT molecular complexity index is 673. The summed E-state index contributed by atoms with van der Waals surface area (Å²) in [5, 5.41) is 10.1. The summed E-state index contributed by atoms with van der Waals surface area (Å²) in [4.78, 5) is 18.6. The Morgan fingerprint density at radius 2 is 2.33 bits per heavy atom. The van der Waals surface area contributed by atoms with Crippen molar-refractivity contribution in [2.75, 3.05) is 20.2 Å². The Morgan fingerprint density at radius 3 is 3.08 bits per heavy atom. The van der Waals surface area contributed by atoms with Crippen molar-refractivity contribution in [3.05, 3.63) is 42.0 Å². The number of pyridine rings is 1. The van der Waals surface area contributed by atoms with Crippen LogP contribution in [0.2, 0.25) is 0 Å². The minimum atomic E-state index is -0.150. The van der Waals surface area contributed by atoms with Gasteiger partial charge >= 0.3 is 6.03 Å². The van der Waals surface area contributed by atoms with Crippen LogP contribution >= 0.6 is 0 Å². The maximum Gasteiger partial charge on any atom is 0.317 e. The number of nitrogens with one attached hydrogen (secondary N) is 2. The van der Waals surface area contributed by atoms with Crippen LogP contribution in [0.5, 0.6) is 5.75 Å². The number of urea groups is 1. The number of carbonyl (C=O) groups excluding carboxylic acids is 1. The van der Waals surface area contributed by atoms with Crippen LogP contribution in [0.25, 0.3) is 0 Å². The standard InChI is InChI=1S/C17H23N5O2/c1-12(14-5-7-18-10-16(14)24-2)20-17(23)22-9-3-4-13(11-22)15-6-8-19-21-15/h5-8,10,12-13H,3-4,9,11H2,1-2H3,(H,19,21)(H,20,23). The highest BCUT2D eigenvalue weighted by Crippen LogP contribution is 2.27. The van der Waals surface area contributed by atoms with Crippen molar-refractivity contribution in [1.29, 1.82) is 0 Å². The van der Waals surface area contributed by atoms with E-state index in [1.807, 2.05) is 24.0 Å². The van der Waals surface area contributed by atoms with Gasteiger partial charge in [0.15, 0.2) is 0 Å². The first-order chi connectivity index (χ1) is 11.7. The van der Waals surface area contributed by atoms with Crippen molar-refractivity contribution in [1.82, 2.24) is 25.4 Å². The zero-order valence-electron chi connectivity index (χ0n) is 14.0. The molecule has 2 atom stereocenters. The Labute approximate surface area is 141 Å². The molecule has 2 aromatic rings. The van der Waals surface area contributed by atoms with E-state index < -0.39 is 0 Å². The summed E-state index contributed by atoms with van der Waals surface area (Å²) in [5.74, 6) is 0.997. The third kappa shape index (κ3) is 3.50. The monoisotopic (exact) mass is 329 g/mol. The van der Waals surface area contributed by atoms with Gasteiger partial charge in [-0.25, -0.2) is 4.79 Å². The SMILES string of the molecule is COc1cnccc1C(C)NC(=O)N1CCCC(c2ccn[nH]2)C1. The molecule has 1 saturated heterocycles. The fourth-order valence-corrected chi connectivity index (χ4v) is 3.18. The average Bonchev–Trinajstić information content (AvgIpc) is 3.16. The second kappa shape index (κ2) is 7.33. The van der Waals surface area contributed by atoms with Crippen molar-refractivity contribution in [2.24, 2.45) is 0 Å². The van der Waals surface area contributed by atoms with Crippen LogP contribution in [0.4, 0.5) is 4.79 Å². The maximum absolute atomic E-state index is 12.6. The lowest BCUT2D eigenvalue weighted by Crippen LogP contribution is -2.45. The molecule has 0 bridgehead atoms. The van der Waals surface area contributed by atoms with Gasteiger partial charge in [0.25, 0.3) is 0 Å². The van der Waals surface area contributed by atoms with E-state index in [9.17, 15) is 4.79 Å². The van der Waals surface area contributed by atoms with Gasteiger partial charge in [-0.1, -0.05) is 0 Å². The molecule has 1 fully saturated rings. The van der Waals surface area contributed by atoms with Gasteiger partial charge in [-0.05, 0) is 31.9 Å². The molecule has 1 aliphatic heterocycles. The third-order valence-electron chi connectivity index (χ3n) is 4.51. The fourth-order valence-electron chi connectivity index (χ4n) is 3.18. The average molecular weight is 329 g/mol. The van der Waals surface area contributed by atoms with Crippen LogP contribution < -0.4 is 10.1 Å². The number of nitrogens with zero attached hydrogens (tertiary/aromatic N) is 3. The molecule has 24 heavy (non-hydrogen) atoms. The van der Waals surface area contributed by atoms with Crippen LogP contribution in [0.1, 0.15) is 43.0 Å². The van der Waals surface area contributed by atoms with Gasteiger partial charge in [-0.3, -0.25) is 10.1 Å². The molecule has 7 heteroatoms. The fraction of sp³-hybridized carbons (Fsp3) is 0.471. The molecule has 2 aromatic heterocycles. The van der Waals surface area contributed by atoms with E-state index in [1.54, 1.807) is 25.7 Å². The zero-order chi connectivity index (χ0) is 16.9. The summed E-state index contributed by atoms with van der Waals surface area (Å²) in [6.45, 7) is 3.43. The van der Waals surface area contributed by atoms with Gasteiger partial charge in [0, 0.05) is 42.7 Å². The van der Waals surface area contributed by atoms with Crippen LogP contribution in [0.15, 0.2) is 30.7 Å². The van der Waals surface area contributed by atoms with Crippen LogP contribution in [0.3, 0.4) is 0 Å². The Kier molecular flexibility index (Phi) is 4.98. The van der Waals surface area contributed by atoms with Crippen molar-refractivity contribution in [3.63, 3.8) is 0 Å². The first-order valence-electron chi connectivity index (χ1n) is 8.21. The molecule has 0 radical (unpaired) electrons. The van der Waals surface area contributed by atoms with Gasteiger partial charge in [0.1, 0.15) is 5.75 Å². The number of piperidine rings is 1. The predicted octanol–water partition coefficient (Wildman–Crippen LogP) is 2.46. The molecule has 7 nitrogen and oxygen atoms in total. The van der Waals surface area contributed by atoms with Crippen molar-refractivity contribution >= 4 is 6.03 Å². The molecule has 0 aliphatic carbocycles. The normalized spacial score (nSPS) is 18.9. The number of hydrogen-bond acceptors (Lipinski definition) is 4. The van der Waals surface area contributed by atoms with E-state index in [0.717, 1.165) is 30.6 Å². The second-order valence-electron chi connectivity index (χ2n) is 6.09. The molecule has 1 aliphatic rings. The second-order valence-corrected chi connectivity index (χ2v) is 6.09. The van der Waals surface area contributed by atoms with E-state index >= 15 is 0 Å². The van der Waals surface area contributed by atoms with Crippen molar-refractivity contribution < 1.29 is 9.53 Å². The topological polar surface area (TPSA) is 83.1 Å². The van der Waals surface area contributed by atoms with Gasteiger partial charge in [0.2, 0.25) is 0 Å². The molecule has 0 aromatic carbocycles. The highest BCUT2D eigenvalue weighted by atomic mass is 16.5. The van der Waals surface area contributed by atoms with Gasteiger partial charge in [-0.15, -0.1) is 0 Å². The quantitative estimate of drug-likeness (QED) is 0.902. The van der Waals surface area contributed by atoms with Gasteiger partial charge in [-0.2, -0.15) is 5.10 Å². The molecule has 128 valence electrons. The molecular formula is C17H23N5O2. The van der Waals surface area contributed by atoms with E-state index in [0.29, 0.717) is 18.2 Å². The third-order valence-corrected chi connectivity index (χ3v) is 4.51. The first kappa shape index (κ1) is 16.3. The molecule has 2 unspecified atom stereocenters. The summed E-state index contributed by atoms with van der Waals surface area (Å²) in [5.41, 5.74) is 2.01. The lowest BCUT2D eigenvalue weighted by Gasteiger charge is -2.33. The molecule has 3 heterocycles. The number of hydrogen-bond donors (Lipinski definition) is 2. The number of likely N-dealkylation sites (tertiary alicyclic amines) is 1. The van der Waals surface area contributed by atoms with Crippen LogP contribution in [0, 0.1) is 0 Å². The van der Waals surface area contributed by atoms with Gasteiger partial charge < -0.3 is 15.0 Å². The van der Waals surface area contributed by atoms with Crippen molar-refractivity contribution in [2.45, 2.75) is 31.7 Å². The van der Waals surface area contributed by atoms with Gasteiger partial charge in [0.05, 0.1) is 19.3 Å². The molecule has 0 saturated carbocycles. The summed E-state index contributed by atoms with van der Waals surface area (Å²) < 4.78 is 5.32. The Hall–Kier alpha value is -2.57.